The van der Waals surface area contributed by atoms with E-state index in [1.165, 1.54) is 5.56 Å². The number of hydrogen-bond acceptors (Lipinski definition) is 5. The Morgan fingerprint density at radius 1 is 1.17 bits per heavy atom. The smallest absolute Gasteiger partial charge is 0.139 e. The lowest BCUT2D eigenvalue weighted by Gasteiger charge is -2.32. The summed E-state index contributed by atoms with van der Waals surface area (Å²) < 4.78 is 14.2. The minimum atomic E-state index is -0.0118. The van der Waals surface area contributed by atoms with Crippen LogP contribution in [0, 0.1) is 0 Å². The summed E-state index contributed by atoms with van der Waals surface area (Å²) in [7, 11) is 0. The van der Waals surface area contributed by atoms with Crippen LogP contribution in [0.5, 0.6) is 5.75 Å². The Kier molecular flexibility index (Phi) is 6.54. The Balaban J connectivity index is 1.37. The van der Waals surface area contributed by atoms with Gasteiger partial charge in [0.25, 0.3) is 0 Å². The molecule has 0 saturated carbocycles. The van der Waals surface area contributed by atoms with Crippen LogP contribution in [0.25, 0.3) is 0 Å². The van der Waals surface area contributed by atoms with Gasteiger partial charge in [-0.2, -0.15) is 0 Å². The van der Waals surface area contributed by atoms with Gasteiger partial charge in [0.1, 0.15) is 24.3 Å². The highest BCUT2D eigenvalue weighted by molar-refractivity contribution is 5.28. The third kappa shape index (κ3) is 5.02. The lowest BCUT2D eigenvalue weighted by molar-refractivity contribution is -0.0182. The first kappa shape index (κ1) is 19.6. The quantitative estimate of drug-likeness (QED) is 0.630. The molecular formula is C23H28N4O2. The lowest BCUT2D eigenvalue weighted by atomic mass is 10.0. The highest BCUT2D eigenvalue weighted by Gasteiger charge is 2.30. The molecule has 4 rings (SSSR count). The topological polar surface area (TPSA) is 61.2 Å². The second-order valence-electron chi connectivity index (χ2n) is 7.25. The molecule has 0 amide bonds. The Hall–Kier alpha value is -2.70. The third-order valence-corrected chi connectivity index (χ3v) is 5.24. The molecule has 1 aliphatic rings. The van der Waals surface area contributed by atoms with Gasteiger partial charge in [0.05, 0.1) is 5.69 Å². The van der Waals surface area contributed by atoms with Crippen molar-refractivity contribution < 1.29 is 9.47 Å². The third-order valence-electron chi connectivity index (χ3n) is 5.24. The van der Waals surface area contributed by atoms with Crippen LogP contribution in [-0.2, 0) is 24.4 Å². The fraction of sp³-hybridized carbons (Fsp3) is 0.391. The van der Waals surface area contributed by atoms with E-state index >= 15 is 0 Å². The molecule has 0 radical (unpaired) electrons. The lowest BCUT2D eigenvalue weighted by Crippen LogP contribution is -2.40. The van der Waals surface area contributed by atoms with Gasteiger partial charge < -0.3 is 19.4 Å². The van der Waals surface area contributed by atoms with E-state index in [4.69, 9.17) is 9.47 Å². The SMILES string of the molecule is CCn1ccnc1[C@H]1OCCC[C@@H]1NCc1cccc(OCc2ccccn2)c1. The molecule has 0 bridgehead atoms. The van der Waals surface area contributed by atoms with Crippen LogP contribution in [0.2, 0.25) is 0 Å². The highest BCUT2D eigenvalue weighted by atomic mass is 16.5. The van der Waals surface area contributed by atoms with Gasteiger partial charge in [0, 0.05) is 44.3 Å². The first-order chi connectivity index (χ1) is 14.3. The van der Waals surface area contributed by atoms with E-state index in [0.29, 0.717) is 6.61 Å². The van der Waals surface area contributed by atoms with Crippen molar-refractivity contribution in [2.24, 2.45) is 0 Å². The minimum absolute atomic E-state index is 0.0118. The Morgan fingerprint density at radius 3 is 3.00 bits per heavy atom. The van der Waals surface area contributed by atoms with E-state index in [2.05, 4.69) is 38.9 Å². The average molecular weight is 393 g/mol. The van der Waals surface area contributed by atoms with Gasteiger partial charge >= 0.3 is 0 Å². The standard InChI is InChI=1S/C23H28N4O2/c1-2-27-13-12-25-23(27)22-21(10-6-14-28-22)26-16-18-7-5-9-20(15-18)29-17-19-8-3-4-11-24-19/h3-5,7-9,11-13,15,21-22,26H,2,6,10,14,16-17H2,1H3/t21-,22-/m0/s1. The average Bonchev–Trinajstić information content (AvgIpc) is 3.26. The monoisotopic (exact) mass is 392 g/mol. The molecule has 0 spiro atoms. The molecule has 29 heavy (non-hydrogen) atoms. The molecule has 152 valence electrons. The number of hydrogen-bond donors (Lipinski definition) is 1. The zero-order valence-corrected chi connectivity index (χ0v) is 16.8. The molecule has 0 aliphatic carbocycles. The van der Waals surface area contributed by atoms with Gasteiger partial charge in [-0.05, 0) is 49.6 Å². The molecule has 1 N–H and O–H groups in total. The second kappa shape index (κ2) is 9.67. The van der Waals surface area contributed by atoms with Crippen molar-refractivity contribution in [3.8, 4) is 5.75 Å². The van der Waals surface area contributed by atoms with Crippen LogP contribution in [-0.4, -0.2) is 27.2 Å². The zero-order valence-electron chi connectivity index (χ0n) is 16.8. The van der Waals surface area contributed by atoms with Gasteiger partial charge in [-0.25, -0.2) is 4.98 Å². The van der Waals surface area contributed by atoms with Gasteiger partial charge in [-0.1, -0.05) is 18.2 Å². The van der Waals surface area contributed by atoms with E-state index in [0.717, 1.165) is 49.8 Å². The number of aromatic nitrogens is 3. The van der Waals surface area contributed by atoms with Crippen LogP contribution in [0.15, 0.2) is 61.1 Å². The van der Waals surface area contributed by atoms with Crippen molar-refractivity contribution in [3.63, 3.8) is 0 Å². The summed E-state index contributed by atoms with van der Waals surface area (Å²) in [6.07, 6.45) is 7.79. The number of imidazole rings is 1. The summed E-state index contributed by atoms with van der Waals surface area (Å²) in [4.78, 5) is 8.86. The maximum Gasteiger partial charge on any atom is 0.139 e. The van der Waals surface area contributed by atoms with E-state index in [9.17, 15) is 0 Å². The minimum Gasteiger partial charge on any atom is -0.487 e. The predicted molar refractivity (Wildman–Crippen MR) is 111 cm³/mol. The summed E-state index contributed by atoms with van der Waals surface area (Å²) >= 11 is 0. The van der Waals surface area contributed by atoms with Gasteiger partial charge in [0.2, 0.25) is 0 Å². The zero-order chi connectivity index (χ0) is 19.9. The fourth-order valence-corrected chi connectivity index (χ4v) is 3.72. The van der Waals surface area contributed by atoms with Crippen LogP contribution in [0.1, 0.15) is 43.0 Å². The number of nitrogens with one attached hydrogen (secondary N) is 1. The fourth-order valence-electron chi connectivity index (χ4n) is 3.72. The van der Waals surface area contributed by atoms with Crippen LogP contribution >= 0.6 is 0 Å². The Morgan fingerprint density at radius 2 is 2.14 bits per heavy atom. The number of pyridine rings is 1. The predicted octanol–water partition coefficient (Wildman–Crippen LogP) is 3.89. The van der Waals surface area contributed by atoms with Crippen LogP contribution in [0.3, 0.4) is 0 Å². The van der Waals surface area contributed by atoms with Crippen molar-refractivity contribution in [1.29, 1.82) is 0 Å². The second-order valence-corrected chi connectivity index (χ2v) is 7.25. The molecule has 1 fully saturated rings. The van der Waals surface area contributed by atoms with Crippen LogP contribution in [0.4, 0.5) is 0 Å². The van der Waals surface area contributed by atoms with E-state index in [1.807, 2.05) is 42.7 Å². The van der Waals surface area contributed by atoms with E-state index in [1.54, 1.807) is 6.20 Å². The van der Waals surface area contributed by atoms with E-state index in [-0.39, 0.29) is 12.1 Å². The Bertz CT molecular complexity index is 897. The molecule has 1 aliphatic heterocycles. The molecule has 1 aromatic carbocycles. The maximum absolute atomic E-state index is 6.10. The molecule has 6 heteroatoms. The first-order valence-corrected chi connectivity index (χ1v) is 10.3. The number of rotatable bonds is 8. The maximum atomic E-state index is 6.10. The number of aryl methyl sites for hydroxylation is 1. The molecule has 3 aromatic rings. The highest BCUT2D eigenvalue weighted by Crippen LogP contribution is 2.28. The summed E-state index contributed by atoms with van der Waals surface area (Å²) in [6, 6.07) is 14.3. The largest absolute Gasteiger partial charge is 0.487 e. The Labute approximate surface area is 171 Å². The van der Waals surface area contributed by atoms with Crippen molar-refractivity contribution in [2.75, 3.05) is 6.61 Å². The number of nitrogens with zero attached hydrogens (tertiary/aromatic N) is 3. The number of ether oxygens (including phenoxy) is 2. The van der Waals surface area contributed by atoms with Crippen molar-refractivity contribution in [2.45, 2.75) is 51.6 Å². The summed E-state index contributed by atoms with van der Waals surface area (Å²) in [5, 5.41) is 3.68. The van der Waals surface area contributed by atoms with Gasteiger partial charge in [-0.15, -0.1) is 0 Å². The molecular weight excluding hydrogens is 364 g/mol. The molecule has 3 heterocycles. The molecule has 2 atom stereocenters. The van der Waals surface area contributed by atoms with Crippen molar-refractivity contribution in [3.05, 3.63) is 78.1 Å². The van der Waals surface area contributed by atoms with Crippen LogP contribution < -0.4 is 10.1 Å². The molecule has 2 aromatic heterocycles. The van der Waals surface area contributed by atoms with E-state index < -0.39 is 0 Å². The number of benzene rings is 1. The summed E-state index contributed by atoms with van der Waals surface area (Å²) in [5.41, 5.74) is 2.11. The normalized spacial score (nSPS) is 19.2. The summed E-state index contributed by atoms with van der Waals surface area (Å²) in [5.74, 6) is 1.87. The van der Waals surface area contributed by atoms with Crippen molar-refractivity contribution >= 4 is 0 Å². The molecule has 1 saturated heterocycles. The van der Waals surface area contributed by atoms with Gasteiger partial charge in [-0.3, -0.25) is 4.98 Å². The molecule has 0 unspecified atom stereocenters. The summed E-state index contributed by atoms with van der Waals surface area (Å²) in [6.45, 7) is 5.05. The van der Waals surface area contributed by atoms with Gasteiger partial charge in [0.15, 0.2) is 0 Å². The van der Waals surface area contributed by atoms with Crippen molar-refractivity contribution in [1.82, 2.24) is 19.9 Å². The first-order valence-electron chi connectivity index (χ1n) is 10.3. The molecule has 6 nitrogen and oxygen atoms in total.